The minimum atomic E-state index is -0.839. The van der Waals surface area contributed by atoms with Gasteiger partial charge in [-0.2, -0.15) is 0 Å². The summed E-state index contributed by atoms with van der Waals surface area (Å²) >= 11 is 2.06. The second kappa shape index (κ2) is 15.9. The van der Waals surface area contributed by atoms with Crippen LogP contribution in [-0.2, 0) is 0 Å². The number of benzene rings is 1. The molecular weight excluding hydrogens is 414 g/mol. The van der Waals surface area contributed by atoms with Gasteiger partial charge in [-0.1, -0.05) is 0 Å². The van der Waals surface area contributed by atoms with E-state index in [0.717, 1.165) is 0 Å². The zero-order valence-corrected chi connectivity index (χ0v) is 18.2. The Bertz CT molecular complexity index is 268. The van der Waals surface area contributed by atoms with E-state index in [4.69, 9.17) is 0 Å². The van der Waals surface area contributed by atoms with Crippen molar-refractivity contribution in [2.24, 2.45) is 0 Å². The third-order valence-corrected chi connectivity index (χ3v) is 13.0. The van der Waals surface area contributed by atoms with Crippen LogP contribution in [0.5, 0.6) is 0 Å². The Kier molecular flexibility index (Phi) is 16.3. The van der Waals surface area contributed by atoms with Gasteiger partial charge in [-0.25, -0.2) is 0 Å². The Morgan fingerprint density at radius 3 is 1.40 bits per heavy atom. The van der Waals surface area contributed by atoms with Gasteiger partial charge >= 0.3 is 143 Å². The molecule has 2 radical (unpaired) electrons. The van der Waals surface area contributed by atoms with E-state index >= 15 is 0 Å². The summed E-state index contributed by atoms with van der Waals surface area (Å²) < 4.78 is 6.23. The van der Waals surface area contributed by atoms with Gasteiger partial charge in [0.25, 0.3) is 0 Å². The van der Waals surface area contributed by atoms with Gasteiger partial charge in [-0.05, 0) is 0 Å². The molecule has 0 saturated heterocycles. The molecule has 0 aliphatic rings. The van der Waals surface area contributed by atoms with Crippen molar-refractivity contribution in [1.82, 2.24) is 0 Å². The molecule has 0 heterocycles. The summed E-state index contributed by atoms with van der Waals surface area (Å²) in [5.41, 5.74) is 0. The van der Waals surface area contributed by atoms with Crippen LogP contribution in [0.1, 0.15) is 59.3 Å². The van der Waals surface area contributed by atoms with Crippen LogP contribution in [0.15, 0.2) is 30.3 Å². The van der Waals surface area contributed by atoms with Crippen molar-refractivity contribution in [3.63, 3.8) is 0 Å². The molecule has 1 aromatic carbocycles. The summed E-state index contributed by atoms with van der Waals surface area (Å²) in [6.45, 7) is 7.00. The summed E-state index contributed by atoms with van der Waals surface area (Å²) in [4.78, 5) is 0. The molecule has 114 valence electrons. The first kappa shape index (κ1) is 20.5. The monoisotopic (exact) mass is 448 g/mol. The number of rotatable bonds is 9. The average molecular weight is 446 g/mol. The third kappa shape index (κ3) is 13.5. The van der Waals surface area contributed by atoms with Crippen LogP contribution in [0.25, 0.3) is 0 Å². The van der Waals surface area contributed by atoms with E-state index in [-0.39, 0.29) is 0 Å². The molecule has 2 heteroatoms. The number of hydrogen-bond acceptors (Lipinski definition) is 0. The quantitative estimate of drug-likeness (QED) is 0.448. The van der Waals surface area contributed by atoms with Gasteiger partial charge in [0.2, 0.25) is 0 Å². The second-order valence-corrected chi connectivity index (χ2v) is 14.9. The summed E-state index contributed by atoms with van der Waals surface area (Å²) in [7, 11) is 0. The SMILES string of the molecule is CCC[CH2][Sn]([CH2]CCC)[CH2]CCC.[Se]c1ccccc1. The molecule has 0 fully saturated rings. The molecule has 0 aromatic heterocycles. The van der Waals surface area contributed by atoms with E-state index in [1.54, 1.807) is 13.3 Å². The van der Waals surface area contributed by atoms with Gasteiger partial charge in [-0.3, -0.25) is 0 Å². The average Bonchev–Trinajstić information content (AvgIpc) is 2.48. The molecule has 0 N–H and O–H groups in total. The van der Waals surface area contributed by atoms with Crippen molar-refractivity contribution >= 4 is 40.2 Å². The third-order valence-electron chi connectivity index (χ3n) is 3.39. The van der Waals surface area contributed by atoms with E-state index < -0.39 is 19.8 Å². The molecule has 0 aliphatic heterocycles. The molecule has 0 bridgehead atoms. The predicted molar refractivity (Wildman–Crippen MR) is 96.7 cm³/mol. The van der Waals surface area contributed by atoms with Crippen molar-refractivity contribution < 1.29 is 0 Å². The summed E-state index contributed by atoms with van der Waals surface area (Å²) in [6.07, 6.45) is 8.85. The summed E-state index contributed by atoms with van der Waals surface area (Å²) in [5, 5.41) is 0. The van der Waals surface area contributed by atoms with Crippen molar-refractivity contribution in [2.45, 2.75) is 72.6 Å². The molecule has 0 unspecified atom stereocenters. The Labute approximate surface area is 142 Å². The van der Waals surface area contributed by atoms with Crippen LogP contribution in [-0.4, -0.2) is 35.8 Å². The Hall–Kier alpha value is 0.538. The zero-order valence-electron chi connectivity index (χ0n) is 13.7. The molecule has 0 atom stereocenters. The second-order valence-electron chi connectivity index (χ2n) is 5.37. The van der Waals surface area contributed by atoms with Gasteiger partial charge in [-0.15, -0.1) is 0 Å². The van der Waals surface area contributed by atoms with Crippen LogP contribution in [0.4, 0.5) is 0 Å². The number of hydrogen-bond donors (Lipinski definition) is 0. The first-order valence-corrected chi connectivity index (χ1v) is 15.2. The number of unbranched alkanes of at least 4 members (excludes halogenated alkanes) is 3. The van der Waals surface area contributed by atoms with Gasteiger partial charge in [0, 0.05) is 0 Å². The molecular formula is C18H32SeSn. The molecule has 0 saturated carbocycles. The van der Waals surface area contributed by atoms with E-state index in [1.807, 2.05) is 30.3 Å². The molecule has 1 aromatic rings. The van der Waals surface area contributed by atoms with Crippen molar-refractivity contribution in [1.29, 1.82) is 0 Å². The fourth-order valence-corrected chi connectivity index (χ4v) is 11.9. The van der Waals surface area contributed by atoms with E-state index in [9.17, 15) is 0 Å². The topological polar surface area (TPSA) is 0 Å². The van der Waals surface area contributed by atoms with Crippen molar-refractivity contribution in [3.8, 4) is 0 Å². The van der Waals surface area contributed by atoms with E-state index in [1.165, 1.54) is 43.0 Å². The van der Waals surface area contributed by atoms with Crippen molar-refractivity contribution in [3.05, 3.63) is 30.3 Å². The molecule has 0 amide bonds. The molecule has 0 nitrogen and oxygen atoms in total. The Morgan fingerprint density at radius 2 is 1.15 bits per heavy atom. The fourth-order valence-electron chi connectivity index (χ4n) is 2.08. The first-order valence-electron chi connectivity index (χ1n) is 8.30. The Balaban J connectivity index is 0.000000428. The summed E-state index contributed by atoms with van der Waals surface area (Å²) in [5.74, 6) is 0. The first-order chi connectivity index (χ1) is 9.74. The van der Waals surface area contributed by atoms with Crippen molar-refractivity contribution in [2.75, 3.05) is 0 Å². The van der Waals surface area contributed by atoms with Gasteiger partial charge < -0.3 is 0 Å². The maximum atomic E-state index is 2.90. The van der Waals surface area contributed by atoms with Gasteiger partial charge in [0.1, 0.15) is 0 Å². The van der Waals surface area contributed by atoms with Gasteiger partial charge in [0.05, 0.1) is 0 Å². The molecule has 0 spiro atoms. The normalized spacial score (nSPS) is 10.2. The van der Waals surface area contributed by atoms with E-state index in [2.05, 4.69) is 36.8 Å². The standard InChI is InChI=1S/C6H5Se.3C4H9.Sn/c7-6-4-2-1-3-5-6;3*1-3-4-2;/h1-5H;3*1,3-4H2,2H3;. The maximum absolute atomic E-state index is 2.90. The zero-order chi connectivity index (χ0) is 15.1. The van der Waals surface area contributed by atoms with Crippen LogP contribution < -0.4 is 4.46 Å². The summed E-state index contributed by atoms with van der Waals surface area (Å²) in [6, 6.07) is 10.1. The molecule has 0 aliphatic carbocycles. The predicted octanol–water partition coefficient (Wildman–Crippen LogP) is 5.36. The van der Waals surface area contributed by atoms with Crippen LogP contribution in [0, 0.1) is 0 Å². The van der Waals surface area contributed by atoms with Crippen LogP contribution >= 0.6 is 0 Å². The van der Waals surface area contributed by atoms with E-state index in [0.29, 0.717) is 0 Å². The van der Waals surface area contributed by atoms with Crippen LogP contribution in [0.2, 0.25) is 13.3 Å². The molecule has 20 heavy (non-hydrogen) atoms. The van der Waals surface area contributed by atoms with Crippen LogP contribution in [0.3, 0.4) is 0 Å². The van der Waals surface area contributed by atoms with Gasteiger partial charge in [0.15, 0.2) is 0 Å². The molecule has 1 rings (SSSR count). The fraction of sp³-hybridized carbons (Fsp3) is 0.667. The Morgan fingerprint density at radius 1 is 0.750 bits per heavy atom. The minimum absolute atomic E-state index is 0.839.